The molecule has 0 fully saturated rings. The molecular weight excluding hydrogens is 396 g/mol. The quantitative estimate of drug-likeness (QED) is 0.422. The van der Waals surface area contributed by atoms with E-state index >= 15 is 0 Å². The summed E-state index contributed by atoms with van der Waals surface area (Å²) in [7, 11) is 1.92. The van der Waals surface area contributed by atoms with Crippen LogP contribution in [0.15, 0.2) is 66.9 Å². The van der Waals surface area contributed by atoms with Crippen molar-refractivity contribution in [1.29, 1.82) is 0 Å². The standard InChI is InChI=1S/C27H30N4O/c1-6-21(18-10-8-7-9-11-18)26(32)29-20-14-12-19(13-15-20)22-16-24(27(2,3)4)30-25-23(22)17-28-31(25)5/h7-17,21H,6H2,1-5H3,(H,29,32). The molecule has 164 valence electrons. The van der Waals surface area contributed by atoms with Gasteiger partial charge in [-0.15, -0.1) is 0 Å². The first-order valence-corrected chi connectivity index (χ1v) is 11.1. The van der Waals surface area contributed by atoms with Gasteiger partial charge in [0, 0.05) is 29.2 Å². The molecule has 2 heterocycles. The second-order valence-electron chi connectivity index (χ2n) is 9.25. The molecule has 1 N–H and O–H groups in total. The van der Waals surface area contributed by atoms with Gasteiger partial charge in [-0.2, -0.15) is 5.10 Å². The van der Waals surface area contributed by atoms with Crippen LogP contribution in [-0.2, 0) is 17.3 Å². The lowest BCUT2D eigenvalue weighted by Crippen LogP contribution is -2.20. The summed E-state index contributed by atoms with van der Waals surface area (Å²) >= 11 is 0. The fourth-order valence-corrected chi connectivity index (χ4v) is 3.96. The second-order valence-corrected chi connectivity index (χ2v) is 9.25. The summed E-state index contributed by atoms with van der Waals surface area (Å²) in [6, 6.07) is 20.1. The Bertz CT molecular complexity index is 1230. The minimum absolute atomic E-state index is 0.0139. The minimum atomic E-state index is -0.166. The summed E-state index contributed by atoms with van der Waals surface area (Å²) in [5, 5.41) is 8.52. The van der Waals surface area contributed by atoms with Crippen molar-refractivity contribution >= 4 is 22.6 Å². The Morgan fingerprint density at radius 1 is 1.06 bits per heavy atom. The average molecular weight is 427 g/mol. The number of rotatable bonds is 5. The van der Waals surface area contributed by atoms with E-state index in [-0.39, 0.29) is 17.2 Å². The maximum atomic E-state index is 12.9. The van der Waals surface area contributed by atoms with Crippen LogP contribution in [0.3, 0.4) is 0 Å². The number of hydrogen-bond acceptors (Lipinski definition) is 3. The molecule has 0 spiro atoms. The first kappa shape index (κ1) is 21.8. The van der Waals surface area contributed by atoms with Crippen LogP contribution in [0.5, 0.6) is 0 Å². The molecule has 0 radical (unpaired) electrons. The van der Waals surface area contributed by atoms with Crippen molar-refractivity contribution in [3.8, 4) is 11.1 Å². The molecule has 0 aliphatic rings. The van der Waals surface area contributed by atoms with Gasteiger partial charge < -0.3 is 5.32 Å². The summed E-state index contributed by atoms with van der Waals surface area (Å²) in [5.74, 6) is -0.152. The third-order valence-corrected chi connectivity index (χ3v) is 5.86. The summed E-state index contributed by atoms with van der Waals surface area (Å²) in [6.45, 7) is 8.53. The van der Waals surface area contributed by atoms with Crippen molar-refractivity contribution in [2.45, 2.75) is 45.4 Å². The summed E-state index contributed by atoms with van der Waals surface area (Å²) in [4.78, 5) is 17.8. The number of benzene rings is 2. The average Bonchev–Trinajstić information content (AvgIpc) is 3.15. The smallest absolute Gasteiger partial charge is 0.231 e. The predicted octanol–water partition coefficient (Wildman–Crippen LogP) is 6.07. The number of nitrogens with one attached hydrogen (secondary N) is 1. The Balaban J connectivity index is 1.63. The van der Waals surface area contributed by atoms with E-state index in [0.717, 1.165) is 45.5 Å². The lowest BCUT2D eigenvalue weighted by molar-refractivity contribution is -0.117. The molecule has 1 atom stereocenters. The first-order chi connectivity index (χ1) is 15.3. The van der Waals surface area contributed by atoms with E-state index in [1.54, 1.807) is 0 Å². The highest BCUT2D eigenvalue weighted by Crippen LogP contribution is 2.33. The van der Waals surface area contributed by atoms with Crippen LogP contribution in [-0.4, -0.2) is 20.7 Å². The molecule has 0 aliphatic carbocycles. The zero-order valence-corrected chi connectivity index (χ0v) is 19.4. The van der Waals surface area contributed by atoms with Crippen LogP contribution in [0.25, 0.3) is 22.2 Å². The van der Waals surface area contributed by atoms with Crippen LogP contribution in [0.2, 0.25) is 0 Å². The SMILES string of the molecule is CCC(C(=O)Nc1ccc(-c2cc(C(C)(C)C)nc3c2cnn3C)cc1)c1ccccc1. The molecule has 0 aliphatic heterocycles. The summed E-state index contributed by atoms with van der Waals surface area (Å²) < 4.78 is 1.82. The van der Waals surface area contributed by atoms with E-state index < -0.39 is 0 Å². The van der Waals surface area contributed by atoms with Crippen molar-refractivity contribution in [2.24, 2.45) is 7.05 Å². The fraction of sp³-hybridized carbons (Fsp3) is 0.296. The molecule has 0 saturated heterocycles. The van der Waals surface area contributed by atoms with Crippen LogP contribution >= 0.6 is 0 Å². The number of anilines is 1. The van der Waals surface area contributed by atoms with Crippen LogP contribution in [0, 0.1) is 0 Å². The van der Waals surface area contributed by atoms with E-state index in [4.69, 9.17) is 4.98 Å². The van der Waals surface area contributed by atoms with Crippen LogP contribution in [0.4, 0.5) is 5.69 Å². The lowest BCUT2D eigenvalue weighted by Gasteiger charge is -2.19. The largest absolute Gasteiger partial charge is 0.326 e. The number of nitrogens with zero attached hydrogens (tertiary/aromatic N) is 3. The molecule has 1 unspecified atom stereocenters. The molecule has 5 heteroatoms. The van der Waals surface area contributed by atoms with Crippen LogP contribution in [0.1, 0.15) is 51.3 Å². The van der Waals surface area contributed by atoms with Crippen molar-refractivity contribution in [1.82, 2.24) is 14.8 Å². The predicted molar refractivity (Wildman–Crippen MR) is 131 cm³/mol. The lowest BCUT2D eigenvalue weighted by atomic mass is 9.89. The molecular formula is C27H30N4O. The molecule has 2 aromatic heterocycles. The molecule has 32 heavy (non-hydrogen) atoms. The molecule has 0 bridgehead atoms. The number of aromatic nitrogens is 3. The number of aryl methyl sites for hydroxylation is 1. The highest BCUT2D eigenvalue weighted by atomic mass is 16.1. The Hall–Kier alpha value is -3.47. The van der Waals surface area contributed by atoms with E-state index in [1.807, 2.05) is 79.4 Å². The number of carbonyl (C=O) groups excluding carboxylic acids is 1. The highest BCUT2D eigenvalue weighted by Gasteiger charge is 2.21. The third-order valence-electron chi connectivity index (χ3n) is 5.86. The maximum absolute atomic E-state index is 12.9. The number of hydrogen-bond donors (Lipinski definition) is 1. The zero-order chi connectivity index (χ0) is 22.9. The van der Waals surface area contributed by atoms with Gasteiger partial charge in [0.15, 0.2) is 5.65 Å². The fourth-order valence-electron chi connectivity index (χ4n) is 3.96. The Kier molecular flexibility index (Phi) is 5.83. The maximum Gasteiger partial charge on any atom is 0.231 e. The van der Waals surface area contributed by atoms with Gasteiger partial charge >= 0.3 is 0 Å². The highest BCUT2D eigenvalue weighted by molar-refractivity contribution is 5.97. The van der Waals surface area contributed by atoms with Crippen molar-refractivity contribution < 1.29 is 4.79 Å². The van der Waals surface area contributed by atoms with Gasteiger partial charge in [0.2, 0.25) is 5.91 Å². The van der Waals surface area contributed by atoms with E-state index in [2.05, 4.69) is 37.3 Å². The molecule has 4 rings (SSSR count). The van der Waals surface area contributed by atoms with E-state index in [9.17, 15) is 4.79 Å². The van der Waals surface area contributed by atoms with Gasteiger partial charge in [0.25, 0.3) is 0 Å². The van der Waals surface area contributed by atoms with Gasteiger partial charge in [0.1, 0.15) is 0 Å². The molecule has 5 nitrogen and oxygen atoms in total. The van der Waals surface area contributed by atoms with E-state index in [0.29, 0.717) is 0 Å². The molecule has 2 aromatic carbocycles. The number of amides is 1. The number of pyridine rings is 1. The van der Waals surface area contributed by atoms with Gasteiger partial charge in [0.05, 0.1) is 12.1 Å². The third kappa shape index (κ3) is 4.28. The zero-order valence-electron chi connectivity index (χ0n) is 19.4. The Morgan fingerprint density at radius 2 is 1.75 bits per heavy atom. The van der Waals surface area contributed by atoms with Crippen molar-refractivity contribution in [3.05, 3.63) is 78.1 Å². The number of fused-ring (bicyclic) bond motifs is 1. The van der Waals surface area contributed by atoms with Gasteiger partial charge in [-0.3, -0.25) is 9.48 Å². The van der Waals surface area contributed by atoms with E-state index in [1.165, 1.54) is 0 Å². The van der Waals surface area contributed by atoms with Crippen LogP contribution < -0.4 is 5.32 Å². The molecule has 4 aromatic rings. The number of carbonyl (C=O) groups is 1. The van der Waals surface area contributed by atoms with Gasteiger partial charge in [-0.1, -0.05) is 70.2 Å². The summed E-state index contributed by atoms with van der Waals surface area (Å²) in [6.07, 6.45) is 2.62. The Morgan fingerprint density at radius 3 is 2.38 bits per heavy atom. The van der Waals surface area contributed by atoms with Crippen molar-refractivity contribution in [3.63, 3.8) is 0 Å². The first-order valence-electron chi connectivity index (χ1n) is 11.1. The topological polar surface area (TPSA) is 59.8 Å². The normalized spacial score (nSPS) is 12.7. The molecule has 0 saturated carbocycles. The van der Waals surface area contributed by atoms with Gasteiger partial charge in [-0.25, -0.2) is 4.98 Å². The monoisotopic (exact) mass is 426 g/mol. The molecule has 1 amide bonds. The van der Waals surface area contributed by atoms with Gasteiger partial charge in [-0.05, 0) is 41.3 Å². The Labute approximate surface area is 189 Å². The second kappa shape index (κ2) is 8.58. The summed E-state index contributed by atoms with van der Waals surface area (Å²) in [5.41, 5.74) is 5.82. The van der Waals surface area contributed by atoms with Crippen molar-refractivity contribution in [2.75, 3.05) is 5.32 Å². The minimum Gasteiger partial charge on any atom is -0.326 e.